The molecule has 3 amide bonds. The second-order valence-electron chi connectivity index (χ2n) is 10.7. The van der Waals surface area contributed by atoms with E-state index in [1.807, 2.05) is 0 Å². The van der Waals surface area contributed by atoms with Gasteiger partial charge in [-0.1, -0.05) is 5.16 Å². The third-order valence-electron chi connectivity index (χ3n) is 7.20. The zero-order valence-corrected chi connectivity index (χ0v) is 24.0. The van der Waals surface area contributed by atoms with Crippen molar-refractivity contribution in [2.24, 2.45) is 0 Å². The van der Waals surface area contributed by atoms with E-state index in [9.17, 15) is 35.9 Å². The molecule has 1 aliphatic rings. The van der Waals surface area contributed by atoms with E-state index in [0.717, 1.165) is 24.6 Å². The standard InChI is InChI=1S/C23H23B3F6N8O5/c1-10-16(38-45-37-10)17(41)35-13(8-44-19(2,3)22(27,28)29)12-7-39-15(34-12)5-11(6-33-39)14(9-43-4)40-18(42)36-20(24,21(40,25)26)23(30,31)32/h5-7,13-14H,8-9H2,1-4H3,(H,35,41)(H,36,42)/t13-,14+,20-/m0/s1. The predicted octanol–water partition coefficient (Wildman–Crippen LogP) is 1.38. The van der Waals surface area contributed by atoms with Crippen LogP contribution >= 0.6 is 0 Å². The van der Waals surface area contributed by atoms with Crippen molar-refractivity contribution in [1.82, 2.24) is 40.4 Å². The highest BCUT2D eigenvalue weighted by Crippen LogP contribution is 2.44. The number of carbonyl (C=O) groups is 2. The Balaban J connectivity index is 1.71. The molecule has 22 heteroatoms. The molecule has 0 saturated carbocycles. The minimum atomic E-state index is -5.26. The van der Waals surface area contributed by atoms with Crippen molar-refractivity contribution in [3.63, 3.8) is 0 Å². The Morgan fingerprint density at radius 1 is 1.16 bits per heavy atom. The Morgan fingerprint density at radius 3 is 2.36 bits per heavy atom. The molecule has 1 saturated heterocycles. The molecule has 4 heterocycles. The van der Waals surface area contributed by atoms with E-state index in [-0.39, 0.29) is 28.3 Å². The molecule has 45 heavy (non-hydrogen) atoms. The van der Waals surface area contributed by atoms with Crippen LogP contribution in [0.15, 0.2) is 23.1 Å². The van der Waals surface area contributed by atoms with Gasteiger partial charge in [0.2, 0.25) is 0 Å². The Kier molecular flexibility index (Phi) is 8.73. The minimum Gasteiger partial charge on any atom is -0.382 e. The molecule has 6 radical (unpaired) electrons. The number of halogens is 6. The van der Waals surface area contributed by atoms with Crippen LogP contribution in [-0.4, -0.2) is 114 Å². The number of aromatic nitrogens is 5. The number of rotatable bonds is 10. The molecule has 3 aromatic heterocycles. The van der Waals surface area contributed by atoms with Crippen LogP contribution in [0.2, 0.25) is 0 Å². The first-order valence-corrected chi connectivity index (χ1v) is 12.8. The first-order valence-electron chi connectivity index (χ1n) is 12.8. The molecule has 2 N–H and O–H groups in total. The minimum absolute atomic E-state index is 0.00806. The summed E-state index contributed by atoms with van der Waals surface area (Å²) >= 11 is 0. The first-order chi connectivity index (χ1) is 20.6. The van der Waals surface area contributed by atoms with E-state index in [2.05, 4.69) is 30.3 Å². The molecule has 0 spiro atoms. The molecule has 4 rings (SSSR count). The number of ether oxygens (including phenoxy) is 2. The molecule has 3 atom stereocenters. The van der Waals surface area contributed by atoms with Gasteiger partial charge in [0.25, 0.3) is 5.91 Å². The molecule has 0 aromatic carbocycles. The summed E-state index contributed by atoms with van der Waals surface area (Å²) < 4.78 is 97.9. The van der Waals surface area contributed by atoms with Crippen LogP contribution in [0.3, 0.4) is 0 Å². The smallest absolute Gasteiger partial charge is 0.382 e. The van der Waals surface area contributed by atoms with Crippen LogP contribution in [0, 0.1) is 6.92 Å². The van der Waals surface area contributed by atoms with Crippen LogP contribution in [-0.2, 0) is 9.47 Å². The number of alkyl halides is 6. The van der Waals surface area contributed by atoms with E-state index < -0.39 is 66.0 Å². The van der Waals surface area contributed by atoms with Gasteiger partial charge in [-0.2, -0.15) is 31.4 Å². The second-order valence-corrected chi connectivity index (χ2v) is 10.7. The topological polar surface area (TPSA) is 149 Å². The number of imidazole rings is 1. The SMILES string of the molecule is [B]C1([B])N([C@H](COC)c2cnn3cc([C@H](COC(C)(C)C(F)(F)F)NC(=O)c4nonc4C)nc3c2)C(=O)N[C@]1([B])C(F)(F)F. The lowest BCUT2D eigenvalue weighted by molar-refractivity contribution is -0.265. The summed E-state index contributed by atoms with van der Waals surface area (Å²) in [5.41, 5.74) is -6.31. The summed E-state index contributed by atoms with van der Waals surface area (Å²) in [7, 11) is 18.3. The van der Waals surface area contributed by atoms with Gasteiger partial charge in [-0.15, -0.1) is 0 Å². The average Bonchev–Trinajstić information content (AvgIpc) is 3.58. The Hall–Kier alpha value is -3.81. The third kappa shape index (κ3) is 6.08. The number of urea groups is 1. The van der Waals surface area contributed by atoms with E-state index in [0.29, 0.717) is 4.90 Å². The quantitative estimate of drug-likeness (QED) is 0.248. The van der Waals surface area contributed by atoms with Crippen molar-refractivity contribution in [3.8, 4) is 0 Å². The van der Waals surface area contributed by atoms with E-state index in [1.165, 1.54) is 26.3 Å². The summed E-state index contributed by atoms with van der Waals surface area (Å²) in [6.07, 6.45) is -7.62. The predicted molar refractivity (Wildman–Crippen MR) is 142 cm³/mol. The van der Waals surface area contributed by atoms with Crippen LogP contribution in [0.25, 0.3) is 5.65 Å². The van der Waals surface area contributed by atoms with Crippen LogP contribution < -0.4 is 10.6 Å². The summed E-state index contributed by atoms with van der Waals surface area (Å²) in [6, 6.07) is -2.76. The highest BCUT2D eigenvalue weighted by atomic mass is 19.4. The van der Waals surface area contributed by atoms with Crippen molar-refractivity contribution >= 4 is 41.1 Å². The van der Waals surface area contributed by atoms with Crippen molar-refractivity contribution in [2.45, 2.75) is 61.6 Å². The van der Waals surface area contributed by atoms with E-state index in [1.54, 1.807) is 5.32 Å². The van der Waals surface area contributed by atoms with Gasteiger partial charge in [-0.05, 0) is 37.3 Å². The zero-order valence-electron chi connectivity index (χ0n) is 24.0. The van der Waals surface area contributed by atoms with Gasteiger partial charge in [-0.25, -0.2) is 18.9 Å². The molecule has 0 bridgehead atoms. The molecule has 1 aliphatic heterocycles. The maximum absolute atomic E-state index is 13.8. The molecule has 1 fully saturated rings. The number of methoxy groups -OCH3 is 1. The number of nitrogens with one attached hydrogen (secondary N) is 2. The maximum atomic E-state index is 13.8. The van der Waals surface area contributed by atoms with Gasteiger partial charge in [-0.3, -0.25) is 4.79 Å². The third-order valence-corrected chi connectivity index (χ3v) is 7.20. The highest BCUT2D eigenvalue weighted by molar-refractivity contribution is 6.47. The number of fused-ring (bicyclic) bond motifs is 1. The van der Waals surface area contributed by atoms with Crippen molar-refractivity contribution in [3.05, 3.63) is 41.1 Å². The molecule has 13 nitrogen and oxygen atoms in total. The van der Waals surface area contributed by atoms with E-state index in [4.69, 9.17) is 33.0 Å². The largest absolute Gasteiger partial charge is 0.416 e. The van der Waals surface area contributed by atoms with Gasteiger partial charge in [0.1, 0.15) is 19.0 Å². The molecule has 0 unspecified atom stereocenters. The summed E-state index contributed by atoms with van der Waals surface area (Å²) in [6.45, 7) is 1.86. The lowest BCUT2D eigenvalue weighted by Gasteiger charge is -2.46. The van der Waals surface area contributed by atoms with Crippen LogP contribution in [0.1, 0.15) is 53.4 Å². The fourth-order valence-electron chi connectivity index (χ4n) is 4.36. The Bertz CT molecular complexity index is 1580. The van der Waals surface area contributed by atoms with Crippen molar-refractivity contribution < 1.29 is 50.0 Å². The normalized spacial score (nSPS) is 20.3. The van der Waals surface area contributed by atoms with Crippen LogP contribution in [0.5, 0.6) is 0 Å². The number of amides is 3. The van der Waals surface area contributed by atoms with Gasteiger partial charge < -0.3 is 25.0 Å². The maximum Gasteiger partial charge on any atom is 0.416 e. The van der Waals surface area contributed by atoms with Gasteiger partial charge in [0.05, 0.1) is 59.1 Å². The molecule has 236 valence electrons. The van der Waals surface area contributed by atoms with E-state index >= 15 is 0 Å². The fourth-order valence-corrected chi connectivity index (χ4v) is 4.36. The van der Waals surface area contributed by atoms with Crippen LogP contribution in [0.4, 0.5) is 31.1 Å². The van der Waals surface area contributed by atoms with Crippen molar-refractivity contribution in [2.75, 3.05) is 20.3 Å². The highest BCUT2D eigenvalue weighted by Gasteiger charge is 2.67. The number of hydrogen-bond donors (Lipinski definition) is 2. The molecular formula is C23H23B3F6N8O5. The molecule has 0 aliphatic carbocycles. The summed E-state index contributed by atoms with van der Waals surface area (Å²) in [4.78, 5) is 30.4. The zero-order chi connectivity index (χ0) is 33.8. The van der Waals surface area contributed by atoms with Crippen molar-refractivity contribution in [1.29, 1.82) is 0 Å². The fraction of sp³-hybridized carbons (Fsp3) is 0.565. The van der Waals surface area contributed by atoms with Gasteiger partial charge in [0, 0.05) is 12.7 Å². The number of carbonyl (C=O) groups excluding carboxylic acids is 2. The number of aryl methyl sites for hydroxylation is 1. The summed E-state index contributed by atoms with van der Waals surface area (Å²) in [5, 5.41) is 12.2. The monoisotopic (exact) mass is 638 g/mol. The Morgan fingerprint density at radius 2 is 1.82 bits per heavy atom. The lowest BCUT2D eigenvalue weighted by Crippen LogP contribution is -2.70. The second kappa shape index (κ2) is 11.5. The number of hydrogen-bond acceptors (Lipinski definition) is 9. The lowest BCUT2D eigenvalue weighted by atomic mass is 9.44. The Labute approximate surface area is 254 Å². The summed E-state index contributed by atoms with van der Waals surface area (Å²) in [5.74, 6) is -0.866. The average molecular weight is 638 g/mol. The molecular weight excluding hydrogens is 615 g/mol. The van der Waals surface area contributed by atoms with Gasteiger partial charge >= 0.3 is 18.4 Å². The van der Waals surface area contributed by atoms with Gasteiger partial charge in [0.15, 0.2) is 16.9 Å². The number of nitrogens with zero attached hydrogens (tertiary/aromatic N) is 6. The first kappa shape index (κ1) is 34.1. The molecule has 3 aromatic rings.